The zero-order valence-electron chi connectivity index (χ0n) is 12.7. The van der Waals surface area contributed by atoms with Gasteiger partial charge in [0.05, 0.1) is 0 Å². The number of hydrogen-bond acceptors (Lipinski definition) is 2. The summed E-state index contributed by atoms with van der Waals surface area (Å²) in [6.07, 6.45) is 8.12. The Morgan fingerprint density at radius 2 is 1.70 bits per heavy atom. The van der Waals surface area contributed by atoms with Crippen LogP contribution in [0.3, 0.4) is 0 Å². The van der Waals surface area contributed by atoms with Gasteiger partial charge in [-0.25, -0.2) is 0 Å². The van der Waals surface area contributed by atoms with Gasteiger partial charge in [0.1, 0.15) is 0 Å². The van der Waals surface area contributed by atoms with Crippen molar-refractivity contribution in [1.29, 1.82) is 0 Å². The molecule has 2 fully saturated rings. The molecule has 1 aliphatic heterocycles. The van der Waals surface area contributed by atoms with Crippen molar-refractivity contribution >= 4 is 0 Å². The van der Waals surface area contributed by atoms with E-state index in [0.29, 0.717) is 0 Å². The molecule has 0 spiro atoms. The standard InChI is InChI=1S/C18H28N2/c1-20-13-5-8-18(14-20)19-17-11-9-16(10-12-17)15-6-3-2-4-7-15/h2-4,6-7,16-19H,5,8-14H2,1H3. The van der Waals surface area contributed by atoms with Crippen molar-refractivity contribution in [2.75, 3.05) is 20.1 Å². The predicted octanol–water partition coefficient (Wildman–Crippen LogP) is 3.40. The highest BCUT2D eigenvalue weighted by atomic mass is 15.1. The van der Waals surface area contributed by atoms with Gasteiger partial charge in [0, 0.05) is 18.6 Å². The summed E-state index contributed by atoms with van der Waals surface area (Å²) < 4.78 is 0. The molecule has 3 rings (SSSR count). The molecule has 1 saturated heterocycles. The molecule has 110 valence electrons. The SMILES string of the molecule is CN1CCCC(NC2CCC(c3ccccc3)CC2)C1. The fraction of sp³-hybridized carbons (Fsp3) is 0.667. The van der Waals surface area contributed by atoms with Crippen LogP contribution in [0, 0.1) is 0 Å². The Morgan fingerprint density at radius 3 is 2.40 bits per heavy atom. The Balaban J connectivity index is 1.46. The molecule has 2 nitrogen and oxygen atoms in total. The van der Waals surface area contributed by atoms with Crippen molar-refractivity contribution in [3.8, 4) is 0 Å². The van der Waals surface area contributed by atoms with Gasteiger partial charge in [-0.1, -0.05) is 30.3 Å². The number of likely N-dealkylation sites (N-methyl/N-ethyl adjacent to an activating group) is 1. The third-order valence-corrected chi connectivity index (χ3v) is 5.09. The number of piperidine rings is 1. The highest BCUT2D eigenvalue weighted by molar-refractivity contribution is 5.20. The lowest BCUT2D eigenvalue weighted by atomic mass is 9.81. The largest absolute Gasteiger partial charge is 0.310 e. The number of likely N-dealkylation sites (tertiary alicyclic amines) is 1. The second kappa shape index (κ2) is 6.73. The van der Waals surface area contributed by atoms with Gasteiger partial charge < -0.3 is 10.2 Å². The fourth-order valence-corrected chi connectivity index (χ4v) is 3.95. The normalized spacial score (nSPS) is 32.1. The molecule has 1 N–H and O–H groups in total. The molecule has 0 radical (unpaired) electrons. The Bertz CT molecular complexity index is 395. The van der Waals surface area contributed by atoms with Crippen LogP contribution in [0.25, 0.3) is 0 Å². The average molecular weight is 272 g/mol. The van der Waals surface area contributed by atoms with Crippen LogP contribution in [0.1, 0.15) is 50.0 Å². The van der Waals surface area contributed by atoms with Gasteiger partial charge in [-0.15, -0.1) is 0 Å². The first-order chi connectivity index (χ1) is 9.81. The van der Waals surface area contributed by atoms with Crippen LogP contribution in [0.2, 0.25) is 0 Å². The Kier molecular flexibility index (Phi) is 4.74. The highest BCUT2D eigenvalue weighted by Gasteiger charge is 2.25. The first-order valence-electron chi connectivity index (χ1n) is 8.31. The van der Waals surface area contributed by atoms with Gasteiger partial charge >= 0.3 is 0 Å². The molecule has 1 unspecified atom stereocenters. The first kappa shape index (κ1) is 14.1. The number of hydrogen-bond donors (Lipinski definition) is 1. The first-order valence-corrected chi connectivity index (χ1v) is 8.31. The highest BCUT2D eigenvalue weighted by Crippen LogP contribution is 2.33. The minimum atomic E-state index is 0.729. The molecule has 1 aromatic rings. The smallest absolute Gasteiger partial charge is 0.0197 e. The van der Waals surface area contributed by atoms with Crippen LogP contribution in [0.4, 0.5) is 0 Å². The van der Waals surface area contributed by atoms with Crippen LogP contribution >= 0.6 is 0 Å². The maximum absolute atomic E-state index is 3.92. The second-order valence-corrected chi connectivity index (χ2v) is 6.73. The zero-order valence-corrected chi connectivity index (χ0v) is 12.7. The van der Waals surface area contributed by atoms with E-state index in [9.17, 15) is 0 Å². The lowest BCUT2D eigenvalue weighted by Crippen LogP contribution is -2.48. The Labute approximate surface area is 123 Å². The van der Waals surface area contributed by atoms with Gasteiger partial charge in [-0.05, 0) is 63.6 Å². The second-order valence-electron chi connectivity index (χ2n) is 6.73. The Morgan fingerprint density at radius 1 is 0.950 bits per heavy atom. The average Bonchev–Trinajstić information content (AvgIpc) is 2.49. The van der Waals surface area contributed by atoms with Crippen molar-refractivity contribution < 1.29 is 0 Å². The molecule has 1 saturated carbocycles. The van der Waals surface area contributed by atoms with E-state index in [-0.39, 0.29) is 0 Å². The number of rotatable bonds is 3. The summed E-state index contributed by atoms with van der Waals surface area (Å²) >= 11 is 0. The molecule has 0 bridgehead atoms. The molecule has 20 heavy (non-hydrogen) atoms. The van der Waals surface area contributed by atoms with Gasteiger partial charge in [0.15, 0.2) is 0 Å². The monoisotopic (exact) mass is 272 g/mol. The fourth-order valence-electron chi connectivity index (χ4n) is 3.95. The molecule has 0 amide bonds. The molecular weight excluding hydrogens is 244 g/mol. The van der Waals surface area contributed by atoms with Crippen LogP contribution < -0.4 is 5.32 Å². The lowest BCUT2D eigenvalue weighted by Gasteiger charge is -2.36. The molecule has 1 aliphatic carbocycles. The van der Waals surface area contributed by atoms with E-state index < -0.39 is 0 Å². The maximum atomic E-state index is 3.92. The van der Waals surface area contributed by atoms with Gasteiger partial charge in [0.2, 0.25) is 0 Å². The van der Waals surface area contributed by atoms with Crippen LogP contribution in [-0.2, 0) is 0 Å². The van der Waals surface area contributed by atoms with Gasteiger partial charge in [-0.3, -0.25) is 0 Å². The van der Waals surface area contributed by atoms with Crippen molar-refractivity contribution in [3.05, 3.63) is 35.9 Å². The van der Waals surface area contributed by atoms with Crippen molar-refractivity contribution in [3.63, 3.8) is 0 Å². The summed E-state index contributed by atoms with van der Waals surface area (Å²) in [5.74, 6) is 0.795. The summed E-state index contributed by atoms with van der Waals surface area (Å²) in [4.78, 5) is 2.47. The van der Waals surface area contributed by atoms with E-state index in [4.69, 9.17) is 0 Å². The minimum Gasteiger partial charge on any atom is -0.310 e. The van der Waals surface area contributed by atoms with Gasteiger partial charge in [-0.2, -0.15) is 0 Å². The minimum absolute atomic E-state index is 0.729. The van der Waals surface area contributed by atoms with E-state index in [1.807, 2.05) is 0 Å². The molecule has 1 heterocycles. The third-order valence-electron chi connectivity index (χ3n) is 5.09. The van der Waals surface area contributed by atoms with E-state index in [1.54, 1.807) is 5.56 Å². The summed E-state index contributed by atoms with van der Waals surface area (Å²) in [5, 5.41) is 3.92. The molecule has 0 aromatic heterocycles. The molecule has 1 aromatic carbocycles. The van der Waals surface area contributed by atoms with Crippen LogP contribution in [0.15, 0.2) is 30.3 Å². The molecule has 2 heteroatoms. The van der Waals surface area contributed by atoms with Crippen LogP contribution in [0.5, 0.6) is 0 Å². The summed E-state index contributed by atoms with van der Waals surface area (Å²) in [7, 11) is 2.25. The number of nitrogens with zero attached hydrogens (tertiary/aromatic N) is 1. The zero-order chi connectivity index (χ0) is 13.8. The summed E-state index contributed by atoms with van der Waals surface area (Å²) in [6, 6.07) is 12.6. The van der Waals surface area contributed by atoms with E-state index >= 15 is 0 Å². The quantitative estimate of drug-likeness (QED) is 0.907. The maximum Gasteiger partial charge on any atom is 0.0197 e. The van der Waals surface area contributed by atoms with Gasteiger partial charge in [0.25, 0.3) is 0 Å². The van der Waals surface area contributed by atoms with Crippen molar-refractivity contribution in [2.45, 2.75) is 56.5 Å². The lowest BCUT2D eigenvalue weighted by molar-refractivity contribution is 0.202. The van der Waals surface area contributed by atoms with E-state index in [0.717, 1.165) is 18.0 Å². The summed E-state index contributed by atoms with van der Waals surface area (Å²) in [5.41, 5.74) is 1.54. The van der Waals surface area contributed by atoms with Crippen molar-refractivity contribution in [2.24, 2.45) is 0 Å². The number of nitrogens with one attached hydrogen (secondary N) is 1. The van der Waals surface area contributed by atoms with E-state index in [2.05, 4.69) is 47.6 Å². The number of benzene rings is 1. The van der Waals surface area contributed by atoms with Crippen LogP contribution in [-0.4, -0.2) is 37.1 Å². The van der Waals surface area contributed by atoms with E-state index in [1.165, 1.54) is 51.6 Å². The molecular formula is C18H28N2. The predicted molar refractivity (Wildman–Crippen MR) is 85.1 cm³/mol. The summed E-state index contributed by atoms with van der Waals surface area (Å²) in [6.45, 7) is 2.51. The molecule has 2 aliphatic rings. The topological polar surface area (TPSA) is 15.3 Å². The molecule has 1 atom stereocenters. The third kappa shape index (κ3) is 3.62. The van der Waals surface area contributed by atoms with Crippen molar-refractivity contribution in [1.82, 2.24) is 10.2 Å². The Hall–Kier alpha value is -0.860.